The molecule has 1 fully saturated rings. The topological polar surface area (TPSA) is 67.6 Å². The molecule has 110 valence electrons. The van der Waals surface area contributed by atoms with Crippen molar-refractivity contribution >= 4 is 5.69 Å². The van der Waals surface area contributed by atoms with Crippen LogP contribution in [0.3, 0.4) is 0 Å². The fraction of sp³-hybridized carbons (Fsp3) is 0.571. The van der Waals surface area contributed by atoms with Gasteiger partial charge >= 0.3 is 0 Å². The number of ether oxygens (including phenoxy) is 1. The fourth-order valence-corrected chi connectivity index (χ4v) is 2.73. The average Bonchev–Trinajstić information content (AvgIpc) is 2.86. The van der Waals surface area contributed by atoms with Crippen LogP contribution in [0.1, 0.15) is 12.0 Å². The predicted molar refractivity (Wildman–Crippen MR) is 77.0 cm³/mol. The van der Waals surface area contributed by atoms with Crippen LogP contribution in [0.15, 0.2) is 18.2 Å². The predicted octanol–water partition coefficient (Wildman–Crippen LogP) is 1.64. The quantitative estimate of drug-likeness (QED) is 0.633. The summed E-state index contributed by atoms with van der Waals surface area (Å²) in [5.41, 5.74) is 1.02. The number of nitrogens with zero attached hydrogens (tertiary/aromatic N) is 2. The van der Waals surface area contributed by atoms with Crippen LogP contribution >= 0.6 is 0 Å². The summed E-state index contributed by atoms with van der Waals surface area (Å²) in [6.45, 7) is 3.83. The number of nitrogens with one attached hydrogen (secondary N) is 1. The summed E-state index contributed by atoms with van der Waals surface area (Å²) in [7, 11) is 3.50. The Hall–Kier alpha value is -1.66. The van der Waals surface area contributed by atoms with Crippen molar-refractivity contribution in [2.75, 3.05) is 33.8 Å². The van der Waals surface area contributed by atoms with Crippen molar-refractivity contribution in [1.82, 2.24) is 10.2 Å². The Balaban J connectivity index is 2.05. The van der Waals surface area contributed by atoms with Gasteiger partial charge in [0.1, 0.15) is 5.75 Å². The van der Waals surface area contributed by atoms with E-state index in [1.807, 2.05) is 13.1 Å². The maximum absolute atomic E-state index is 10.9. The summed E-state index contributed by atoms with van der Waals surface area (Å²) >= 11 is 0. The molecule has 0 spiro atoms. The molecule has 0 aliphatic carbocycles. The number of non-ortho nitro benzene ring substituents is 1. The molecule has 1 aliphatic rings. The average molecular weight is 279 g/mol. The first kappa shape index (κ1) is 14.7. The Kier molecular flexibility index (Phi) is 4.92. The molecule has 0 saturated carbocycles. The van der Waals surface area contributed by atoms with Crippen molar-refractivity contribution in [2.24, 2.45) is 5.92 Å². The smallest absolute Gasteiger partial charge is 0.273 e. The standard InChI is InChI=1S/C14H21N3O3/c1-15-8-11-3-4-16(9-11)10-12-5-13(17(18)19)7-14(6-12)20-2/h5-7,11,15H,3-4,8-10H2,1-2H3. The van der Waals surface area contributed by atoms with Crippen LogP contribution in [0.2, 0.25) is 0 Å². The highest BCUT2D eigenvalue weighted by Crippen LogP contribution is 2.25. The lowest BCUT2D eigenvalue weighted by Crippen LogP contribution is -2.24. The molecule has 1 aliphatic heterocycles. The van der Waals surface area contributed by atoms with Crippen LogP contribution in [-0.4, -0.2) is 43.6 Å². The molecular formula is C14H21N3O3. The fourth-order valence-electron chi connectivity index (χ4n) is 2.73. The molecule has 1 aromatic rings. The number of hydrogen-bond acceptors (Lipinski definition) is 5. The number of benzene rings is 1. The van der Waals surface area contributed by atoms with Crippen LogP contribution in [0, 0.1) is 16.0 Å². The van der Waals surface area contributed by atoms with Gasteiger partial charge in [0, 0.05) is 19.2 Å². The highest BCUT2D eigenvalue weighted by molar-refractivity contribution is 5.42. The van der Waals surface area contributed by atoms with Gasteiger partial charge < -0.3 is 10.1 Å². The largest absolute Gasteiger partial charge is 0.496 e. The van der Waals surface area contributed by atoms with E-state index >= 15 is 0 Å². The number of hydrogen-bond donors (Lipinski definition) is 1. The van der Waals surface area contributed by atoms with Crippen molar-refractivity contribution in [3.63, 3.8) is 0 Å². The molecule has 1 aromatic carbocycles. The van der Waals surface area contributed by atoms with Gasteiger partial charge in [-0.3, -0.25) is 15.0 Å². The first-order valence-electron chi connectivity index (χ1n) is 6.81. The molecule has 0 amide bonds. The third-order valence-corrected chi connectivity index (χ3v) is 3.67. The van der Waals surface area contributed by atoms with Gasteiger partial charge in [0.15, 0.2) is 0 Å². The highest BCUT2D eigenvalue weighted by atomic mass is 16.6. The molecule has 2 rings (SSSR count). The zero-order valence-electron chi connectivity index (χ0n) is 12.0. The normalized spacial score (nSPS) is 19.2. The summed E-state index contributed by atoms with van der Waals surface area (Å²) in [4.78, 5) is 12.9. The first-order valence-corrected chi connectivity index (χ1v) is 6.81. The lowest BCUT2D eigenvalue weighted by atomic mass is 10.1. The minimum atomic E-state index is -0.375. The van der Waals surface area contributed by atoms with Gasteiger partial charge in [0.2, 0.25) is 0 Å². The minimum absolute atomic E-state index is 0.0883. The molecule has 1 heterocycles. The minimum Gasteiger partial charge on any atom is -0.496 e. The summed E-state index contributed by atoms with van der Waals surface area (Å²) in [6, 6.07) is 4.96. The van der Waals surface area contributed by atoms with Gasteiger partial charge in [-0.25, -0.2) is 0 Å². The summed E-state index contributed by atoms with van der Waals surface area (Å²) < 4.78 is 5.14. The Morgan fingerprint density at radius 1 is 1.50 bits per heavy atom. The second kappa shape index (κ2) is 6.67. The number of rotatable bonds is 6. The Labute approximate surface area is 118 Å². The molecule has 1 N–H and O–H groups in total. The monoisotopic (exact) mass is 279 g/mol. The number of methoxy groups -OCH3 is 1. The van der Waals surface area contributed by atoms with Gasteiger partial charge in [0.25, 0.3) is 5.69 Å². The van der Waals surface area contributed by atoms with Gasteiger partial charge in [-0.1, -0.05) is 0 Å². The third-order valence-electron chi connectivity index (χ3n) is 3.67. The van der Waals surface area contributed by atoms with E-state index < -0.39 is 0 Å². The molecule has 20 heavy (non-hydrogen) atoms. The van der Waals surface area contributed by atoms with Gasteiger partial charge in [-0.05, 0) is 44.1 Å². The molecule has 6 nitrogen and oxygen atoms in total. The van der Waals surface area contributed by atoms with Crippen LogP contribution in [0.25, 0.3) is 0 Å². The number of likely N-dealkylation sites (tertiary alicyclic amines) is 1. The lowest BCUT2D eigenvalue weighted by Gasteiger charge is -2.16. The molecule has 0 aromatic heterocycles. The zero-order valence-corrected chi connectivity index (χ0v) is 12.0. The second-order valence-electron chi connectivity index (χ2n) is 5.24. The summed E-state index contributed by atoms with van der Waals surface area (Å²) in [5, 5.41) is 14.1. The summed E-state index contributed by atoms with van der Waals surface area (Å²) in [5.74, 6) is 1.21. The van der Waals surface area contributed by atoms with E-state index in [1.165, 1.54) is 19.6 Å². The Bertz CT molecular complexity index is 479. The first-order chi connectivity index (χ1) is 9.62. The van der Waals surface area contributed by atoms with Gasteiger partial charge in [-0.15, -0.1) is 0 Å². The molecular weight excluding hydrogens is 258 g/mol. The van der Waals surface area contributed by atoms with Crippen LogP contribution in [0.5, 0.6) is 5.75 Å². The number of nitro benzene ring substituents is 1. The molecule has 6 heteroatoms. The molecule has 1 saturated heterocycles. The van der Waals surface area contributed by atoms with E-state index in [9.17, 15) is 10.1 Å². The SMILES string of the molecule is CNCC1CCN(Cc2cc(OC)cc([N+](=O)[O-])c2)C1. The van der Waals surface area contributed by atoms with Gasteiger partial charge in [-0.2, -0.15) is 0 Å². The van der Waals surface area contributed by atoms with E-state index in [2.05, 4.69) is 10.2 Å². The molecule has 1 atom stereocenters. The molecule has 0 radical (unpaired) electrons. The maximum atomic E-state index is 10.9. The lowest BCUT2D eigenvalue weighted by molar-refractivity contribution is -0.385. The van der Waals surface area contributed by atoms with E-state index in [4.69, 9.17) is 4.74 Å². The van der Waals surface area contributed by atoms with Crippen LogP contribution < -0.4 is 10.1 Å². The summed E-state index contributed by atoms with van der Waals surface area (Å²) in [6.07, 6.45) is 1.17. The van der Waals surface area contributed by atoms with Crippen molar-refractivity contribution in [3.8, 4) is 5.75 Å². The Morgan fingerprint density at radius 2 is 2.30 bits per heavy atom. The van der Waals surface area contributed by atoms with E-state index in [0.717, 1.165) is 31.7 Å². The second-order valence-corrected chi connectivity index (χ2v) is 5.24. The van der Waals surface area contributed by atoms with Crippen molar-refractivity contribution in [2.45, 2.75) is 13.0 Å². The van der Waals surface area contributed by atoms with E-state index in [1.54, 1.807) is 6.07 Å². The van der Waals surface area contributed by atoms with E-state index in [-0.39, 0.29) is 10.6 Å². The van der Waals surface area contributed by atoms with Crippen molar-refractivity contribution < 1.29 is 9.66 Å². The zero-order chi connectivity index (χ0) is 14.5. The third kappa shape index (κ3) is 3.68. The molecule has 1 unspecified atom stereocenters. The van der Waals surface area contributed by atoms with Crippen molar-refractivity contribution in [1.29, 1.82) is 0 Å². The highest BCUT2D eigenvalue weighted by Gasteiger charge is 2.22. The maximum Gasteiger partial charge on any atom is 0.273 e. The van der Waals surface area contributed by atoms with E-state index in [0.29, 0.717) is 11.7 Å². The Morgan fingerprint density at radius 3 is 2.95 bits per heavy atom. The van der Waals surface area contributed by atoms with Crippen molar-refractivity contribution in [3.05, 3.63) is 33.9 Å². The van der Waals surface area contributed by atoms with Gasteiger partial charge in [0.05, 0.1) is 18.1 Å². The molecule has 0 bridgehead atoms. The van der Waals surface area contributed by atoms with Crippen LogP contribution in [0.4, 0.5) is 5.69 Å². The number of nitro groups is 1. The van der Waals surface area contributed by atoms with Crippen LogP contribution in [-0.2, 0) is 6.54 Å².